The van der Waals surface area contributed by atoms with Gasteiger partial charge in [-0.3, -0.25) is 14.5 Å². The maximum absolute atomic E-state index is 13.4. The van der Waals surface area contributed by atoms with Crippen LogP contribution in [0, 0.1) is 11.6 Å². The average molecular weight is 439 g/mol. The van der Waals surface area contributed by atoms with Crippen LogP contribution in [0.4, 0.5) is 14.6 Å². The zero-order chi connectivity index (χ0) is 22.0. The van der Waals surface area contributed by atoms with Gasteiger partial charge in [0.15, 0.2) is 0 Å². The molecule has 2 heterocycles. The van der Waals surface area contributed by atoms with Crippen LogP contribution >= 0.6 is 11.6 Å². The number of carbonyl (C=O) groups is 1. The van der Waals surface area contributed by atoms with Gasteiger partial charge in [0.25, 0.3) is 0 Å². The molecular formula is C23H17ClF2N4O. The van der Waals surface area contributed by atoms with Crippen LogP contribution in [0.15, 0.2) is 67.0 Å². The van der Waals surface area contributed by atoms with E-state index in [1.165, 1.54) is 30.3 Å². The Hall–Kier alpha value is -3.58. The second-order valence-electron chi connectivity index (χ2n) is 6.90. The van der Waals surface area contributed by atoms with Crippen molar-refractivity contribution in [2.75, 3.05) is 5.32 Å². The molecule has 4 aromatic rings. The molecule has 0 aliphatic carbocycles. The lowest BCUT2D eigenvalue weighted by Gasteiger charge is -2.10. The third kappa shape index (κ3) is 4.46. The van der Waals surface area contributed by atoms with Crippen LogP contribution in [0.25, 0.3) is 22.4 Å². The van der Waals surface area contributed by atoms with E-state index in [9.17, 15) is 13.6 Å². The van der Waals surface area contributed by atoms with E-state index in [0.717, 1.165) is 5.56 Å². The number of pyridine rings is 1. The predicted octanol–water partition coefficient (Wildman–Crippen LogP) is 5.26. The number of carbonyl (C=O) groups excluding carboxylic acids is 1. The Bertz CT molecular complexity index is 1240. The molecule has 2 aromatic heterocycles. The highest BCUT2D eigenvalue weighted by Gasteiger charge is 2.21. The van der Waals surface area contributed by atoms with Crippen molar-refractivity contribution in [3.63, 3.8) is 0 Å². The molecule has 0 bridgehead atoms. The Kier molecular flexibility index (Phi) is 5.77. The number of aromatic nitrogens is 3. The number of aryl methyl sites for hydroxylation is 1. The standard InChI is InChI=1S/C23H17ClF2N4O/c1-30-23(28-20(31)12-16-4-7-18(26)13-19(16)24)21(14-8-10-27-11-9-14)22(29-30)15-2-5-17(25)6-3-15/h2-11,13H,12H2,1H3,(H,28,31). The summed E-state index contributed by atoms with van der Waals surface area (Å²) in [6.45, 7) is 0. The lowest BCUT2D eigenvalue weighted by atomic mass is 10.0. The van der Waals surface area contributed by atoms with Crippen LogP contribution in [0.1, 0.15) is 5.56 Å². The van der Waals surface area contributed by atoms with E-state index in [2.05, 4.69) is 15.4 Å². The number of nitrogens with zero attached hydrogens (tertiary/aromatic N) is 3. The number of anilines is 1. The molecule has 1 N–H and O–H groups in total. The summed E-state index contributed by atoms with van der Waals surface area (Å²) in [7, 11) is 1.71. The zero-order valence-corrected chi connectivity index (χ0v) is 17.2. The highest BCUT2D eigenvalue weighted by Crippen LogP contribution is 2.37. The average Bonchev–Trinajstić information content (AvgIpc) is 3.07. The first-order valence-corrected chi connectivity index (χ1v) is 9.77. The maximum Gasteiger partial charge on any atom is 0.230 e. The Balaban J connectivity index is 1.73. The molecule has 0 aliphatic rings. The molecule has 5 nitrogen and oxygen atoms in total. The zero-order valence-electron chi connectivity index (χ0n) is 16.4. The van der Waals surface area contributed by atoms with Crippen molar-refractivity contribution in [3.8, 4) is 22.4 Å². The minimum atomic E-state index is -0.468. The van der Waals surface area contributed by atoms with Crippen LogP contribution in [0.3, 0.4) is 0 Å². The fourth-order valence-corrected chi connectivity index (χ4v) is 3.52. The molecule has 2 aromatic carbocycles. The summed E-state index contributed by atoms with van der Waals surface area (Å²) < 4.78 is 28.3. The van der Waals surface area contributed by atoms with Gasteiger partial charge in [0.2, 0.25) is 5.91 Å². The highest BCUT2D eigenvalue weighted by molar-refractivity contribution is 6.31. The minimum absolute atomic E-state index is 0.0358. The van der Waals surface area contributed by atoms with Crippen LogP contribution in [-0.4, -0.2) is 20.7 Å². The highest BCUT2D eigenvalue weighted by atomic mass is 35.5. The molecule has 8 heteroatoms. The topological polar surface area (TPSA) is 59.8 Å². The summed E-state index contributed by atoms with van der Waals surface area (Å²) >= 11 is 6.06. The van der Waals surface area contributed by atoms with Gasteiger partial charge in [0, 0.05) is 30.0 Å². The molecule has 0 atom stereocenters. The molecular weight excluding hydrogens is 422 g/mol. The van der Waals surface area contributed by atoms with Crippen molar-refractivity contribution >= 4 is 23.3 Å². The van der Waals surface area contributed by atoms with E-state index in [4.69, 9.17) is 11.6 Å². The van der Waals surface area contributed by atoms with Gasteiger partial charge in [0.05, 0.1) is 12.0 Å². The van der Waals surface area contributed by atoms with E-state index < -0.39 is 5.82 Å². The van der Waals surface area contributed by atoms with Gasteiger partial charge in [-0.05, 0) is 59.7 Å². The van der Waals surface area contributed by atoms with Gasteiger partial charge < -0.3 is 5.32 Å². The number of benzene rings is 2. The molecule has 31 heavy (non-hydrogen) atoms. The van der Waals surface area contributed by atoms with Gasteiger partial charge in [-0.1, -0.05) is 17.7 Å². The van der Waals surface area contributed by atoms with E-state index in [-0.39, 0.29) is 23.2 Å². The number of halogens is 3. The summed E-state index contributed by atoms with van der Waals surface area (Å²) in [5.74, 6) is -0.689. The lowest BCUT2D eigenvalue weighted by molar-refractivity contribution is -0.115. The molecule has 1 amide bonds. The molecule has 0 saturated heterocycles. The van der Waals surface area contributed by atoms with E-state index in [0.29, 0.717) is 28.2 Å². The molecule has 0 unspecified atom stereocenters. The fourth-order valence-electron chi connectivity index (χ4n) is 3.28. The number of hydrogen-bond donors (Lipinski definition) is 1. The summed E-state index contributed by atoms with van der Waals surface area (Å²) in [4.78, 5) is 16.8. The first-order chi connectivity index (χ1) is 14.9. The minimum Gasteiger partial charge on any atom is -0.310 e. The van der Waals surface area contributed by atoms with Crippen molar-refractivity contribution in [1.29, 1.82) is 0 Å². The van der Waals surface area contributed by atoms with Crippen molar-refractivity contribution in [1.82, 2.24) is 14.8 Å². The van der Waals surface area contributed by atoms with Gasteiger partial charge in [0.1, 0.15) is 23.1 Å². The van der Waals surface area contributed by atoms with Crippen LogP contribution in [0.2, 0.25) is 5.02 Å². The SMILES string of the molecule is Cn1nc(-c2ccc(F)cc2)c(-c2ccncc2)c1NC(=O)Cc1ccc(F)cc1Cl. The number of amides is 1. The third-order valence-electron chi connectivity index (χ3n) is 4.76. The van der Waals surface area contributed by atoms with Crippen LogP contribution < -0.4 is 5.32 Å². The smallest absolute Gasteiger partial charge is 0.230 e. The largest absolute Gasteiger partial charge is 0.310 e. The van der Waals surface area contributed by atoms with Crippen molar-refractivity contribution in [2.24, 2.45) is 7.05 Å². The number of nitrogens with one attached hydrogen (secondary N) is 1. The monoisotopic (exact) mass is 438 g/mol. The Morgan fingerprint density at radius 1 is 1.00 bits per heavy atom. The maximum atomic E-state index is 13.4. The van der Waals surface area contributed by atoms with Gasteiger partial charge in [-0.15, -0.1) is 0 Å². The molecule has 0 saturated carbocycles. The Labute approximate surface area is 182 Å². The first-order valence-electron chi connectivity index (χ1n) is 9.39. The Morgan fingerprint density at radius 3 is 2.35 bits per heavy atom. The normalized spacial score (nSPS) is 10.8. The second kappa shape index (κ2) is 8.65. The third-order valence-corrected chi connectivity index (χ3v) is 5.11. The molecule has 0 radical (unpaired) electrons. The quantitative estimate of drug-likeness (QED) is 0.462. The molecule has 0 spiro atoms. The number of hydrogen-bond acceptors (Lipinski definition) is 3. The molecule has 0 fully saturated rings. The summed E-state index contributed by atoms with van der Waals surface area (Å²) in [5.41, 5.74) is 3.26. The van der Waals surface area contributed by atoms with Gasteiger partial charge >= 0.3 is 0 Å². The fraction of sp³-hybridized carbons (Fsp3) is 0.0870. The molecule has 156 valence electrons. The van der Waals surface area contributed by atoms with Crippen LogP contribution in [0.5, 0.6) is 0 Å². The van der Waals surface area contributed by atoms with E-state index in [1.54, 1.807) is 48.4 Å². The molecule has 0 aliphatic heterocycles. The van der Waals surface area contributed by atoms with Crippen molar-refractivity contribution in [2.45, 2.75) is 6.42 Å². The molecule has 4 rings (SSSR count). The van der Waals surface area contributed by atoms with Crippen molar-refractivity contribution < 1.29 is 13.6 Å². The van der Waals surface area contributed by atoms with E-state index >= 15 is 0 Å². The summed E-state index contributed by atoms with van der Waals surface area (Å²) in [6, 6.07) is 13.5. The summed E-state index contributed by atoms with van der Waals surface area (Å²) in [6.07, 6.45) is 3.24. The van der Waals surface area contributed by atoms with E-state index in [1.807, 2.05) is 0 Å². The number of rotatable bonds is 5. The predicted molar refractivity (Wildman–Crippen MR) is 116 cm³/mol. The van der Waals surface area contributed by atoms with Gasteiger partial charge in [-0.25, -0.2) is 8.78 Å². The van der Waals surface area contributed by atoms with Crippen molar-refractivity contribution in [3.05, 3.63) is 89.2 Å². The second-order valence-corrected chi connectivity index (χ2v) is 7.31. The first kappa shape index (κ1) is 20.7. The summed E-state index contributed by atoms with van der Waals surface area (Å²) in [5, 5.41) is 7.63. The lowest BCUT2D eigenvalue weighted by Crippen LogP contribution is -2.17. The van der Waals surface area contributed by atoms with Crippen LogP contribution in [-0.2, 0) is 18.3 Å². The Morgan fingerprint density at radius 2 is 1.68 bits per heavy atom. The van der Waals surface area contributed by atoms with Gasteiger partial charge in [-0.2, -0.15) is 5.10 Å².